The van der Waals surface area contributed by atoms with E-state index in [4.69, 9.17) is 4.42 Å². The van der Waals surface area contributed by atoms with Crippen LogP contribution in [0.15, 0.2) is 41.0 Å². The van der Waals surface area contributed by atoms with Gasteiger partial charge in [0.2, 0.25) is 5.91 Å². The lowest BCUT2D eigenvalue weighted by Crippen LogP contribution is -2.53. The molecule has 1 atom stereocenters. The van der Waals surface area contributed by atoms with Crippen molar-refractivity contribution in [2.24, 2.45) is 0 Å². The second-order valence-corrected chi connectivity index (χ2v) is 8.93. The van der Waals surface area contributed by atoms with Gasteiger partial charge in [0, 0.05) is 26.2 Å². The Balaban J connectivity index is 1.22. The van der Waals surface area contributed by atoms with Crippen LogP contribution in [0.3, 0.4) is 0 Å². The fraction of sp³-hybridized carbons (Fsp3) is 0.417. The summed E-state index contributed by atoms with van der Waals surface area (Å²) in [7, 11) is 0. The van der Waals surface area contributed by atoms with Crippen molar-refractivity contribution in [1.82, 2.24) is 20.0 Å². The van der Waals surface area contributed by atoms with Crippen molar-refractivity contribution in [3.8, 4) is 0 Å². The molecule has 2 aliphatic heterocycles. The number of hydrogen-bond acceptors (Lipinski definition) is 5. The second kappa shape index (κ2) is 8.06. The summed E-state index contributed by atoms with van der Waals surface area (Å²) < 4.78 is 5.16. The molecule has 0 bridgehead atoms. The van der Waals surface area contributed by atoms with E-state index in [0.717, 1.165) is 29.7 Å². The summed E-state index contributed by atoms with van der Waals surface area (Å²) in [5, 5.41) is 2.79. The number of piperazine rings is 1. The van der Waals surface area contributed by atoms with Gasteiger partial charge >= 0.3 is 6.03 Å². The molecular formula is C24H26N4O5. The minimum atomic E-state index is -1.19. The van der Waals surface area contributed by atoms with Crippen LogP contribution in [0, 0.1) is 0 Å². The van der Waals surface area contributed by atoms with Crippen molar-refractivity contribution in [1.29, 1.82) is 0 Å². The summed E-state index contributed by atoms with van der Waals surface area (Å²) in [5.41, 5.74) is 2.05. The molecule has 9 nitrogen and oxygen atoms in total. The zero-order valence-corrected chi connectivity index (χ0v) is 18.5. The van der Waals surface area contributed by atoms with E-state index in [9.17, 15) is 19.2 Å². The molecule has 0 unspecified atom stereocenters. The van der Waals surface area contributed by atoms with Gasteiger partial charge in [0.15, 0.2) is 5.76 Å². The highest BCUT2D eigenvalue weighted by Gasteiger charge is 2.50. The van der Waals surface area contributed by atoms with Crippen LogP contribution in [0.1, 0.15) is 40.6 Å². The highest BCUT2D eigenvalue weighted by Crippen LogP contribution is 2.32. The number of nitrogens with one attached hydrogen (secondary N) is 1. The van der Waals surface area contributed by atoms with Crippen LogP contribution in [-0.2, 0) is 28.0 Å². The summed E-state index contributed by atoms with van der Waals surface area (Å²) in [6, 6.07) is 8.61. The molecule has 0 radical (unpaired) electrons. The minimum Gasteiger partial charge on any atom is -0.459 e. The molecule has 1 aromatic heterocycles. The average Bonchev–Trinajstić information content (AvgIpc) is 3.56. The third kappa shape index (κ3) is 3.67. The molecule has 1 N–H and O–H groups in total. The zero-order valence-electron chi connectivity index (χ0n) is 18.5. The molecule has 2 fully saturated rings. The maximum atomic E-state index is 13.2. The summed E-state index contributed by atoms with van der Waals surface area (Å²) in [4.78, 5) is 55.4. The number of hydrogen-bond donors (Lipinski definition) is 1. The number of carbonyl (C=O) groups is 4. The van der Waals surface area contributed by atoms with Gasteiger partial charge in [-0.25, -0.2) is 4.79 Å². The van der Waals surface area contributed by atoms with Gasteiger partial charge in [-0.15, -0.1) is 0 Å². The van der Waals surface area contributed by atoms with Crippen LogP contribution in [0.2, 0.25) is 0 Å². The molecule has 2 aromatic rings. The molecule has 172 valence electrons. The van der Waals surface area contributed by atoms with Crippen LogP contribution in [-0.4, -0.2) is 71.2 Å². The summed E-state index contributed by atoms with van der Waals surface area (Å²) >= 11 is 0. The number of urea groups is 1. The van der Waals surface area contributed by atoms with Gasteiger partial charge in [-0.3, -0.25) is 19.3 Å². The van der Waals surface area contributed by atoms with Crippen LogP contribution in [0.25, 0.3) is 0 Å². The van der Waals surface area contributed by atoms with Crippen LogP contribution in [0.4, 0.5) is 4.79 Å². The molecule has 1 aromatic carbocycles. The predicted molar refractivity (Wildman–Crippen MR) is 117 cm³/mol. The van der Waals surface area contributed by atoms with Gasteiger partial charge in [-0.2, -0.15) is 0 Å². The number of benzene rings is 1. The Kier molecular flexibility index (Phi) is 5.19. The van der Waals surface area contributed by atoms with Crippen LogP contribution in [0.5, 0.6) is 0 Å². The Hall–Kier alpha value is -3.62. The van der Waals surface area contributed by atoms with Gasteiger partial charge in [0.1, 0.15) is 12.1 Å². The lowest BCUT2D eigenvalue weighted by molar-refractivity contribution is -0.139. The van der Waals surface area contributed by atoms with E-state index in [2.05, 4.69) is 5.32 Å². The van der Waals surface area contributed by atoms with Gasteiger partial charge < -0.3 is 19.5 Å². The number of furan rings is 1. The van der Waals surface area contributed by atoms with E-state index in [1.54, 1.807) is 28.9 Å². The number of aryl methyl sites for hydroxylation is 2. The zero-order chi connectivity index (χ0) is 23.2. The lowest BCUT2D eigenvalue weighted by Gasteiger charge is -2.34. The maximum absolute atomic E-state index is 13.2. The minimum absolute atomic E-state index is 0.216. The third-order valence-corrected chi connectivity index (χ3v) is 6.90. The first-order valence-corrected chi connectivity index (χ1v) is 11.2. The number of fused-ring (bicyclic) bond motifs is 1. The number of rotatable bonds is 4. The Morgan fingerprint density at radius 2 is 1.76 bits per heavy atom. The van der Waals surface area contributed by atoms with Gasteiger partial charge in [0.25, 0.3) is 11.8 Å². The monoisotopic (exact) mass is 450 g/mol. The Bertz CT molecular complexity index is 1120. The predicted octanol–water partition coefficient (Wildman–Crippen LogP) is 1.52. The van der Waals surface area contributed by atoms with E-state index in [-0.39, 0.29) is 24.1 Å². The fourth-order valence-corrected chi connectivity index (χ4v) is 4.87. The molecule has 5 amide bonds. The van der Waals surface area contributed by atoms with E-state index < -0.39 is 17.5 Å². The third-order valence-electron chi connectivity index (χ3n) is 6.90. The molecule has 3 heterocycles. The van der Waals surface area contributed by atoms with Crippen molar-refractivity contribution in [2.75, 3.05) is 32.7 Å². The highest BCUT2D eigenvalue weighted by molar-refractivity contribution is 6.09. The van der Waals surface area contributed by atoms with E-state index >= 15 is 0 Å². The normalized spacial score (nSPS) is 22.5. The SMILES string of the molecule is C[C@]1(c2ccc3c(c2)CCC3)NC(=O)N(CC(=O)N2CCN(C(=O)c3ccco3)CC2)C1=O. The maximum Gasteiger partial charge on any atom is 0.325 e. The van der Waals surface area contributed by atoms with Crippen molar-refractivity contribution in [3.05, 3.63) is 59.0 Å². The van der Waals surface area contributed by atoms with Crippen molar-refractivity contribution >= 4 is 23.8 Å². The van der Waals surface area contributed by atoms with E-state index in [1.165, 1.54) is 17.4 Å². The van der Waals surface area contributed by atoms with Gasteiger partial charge in [-0.1, -0.05) is 18.2 Å². The van der Waals surface area contributed by atoms with E-state index in [0.29, 0.717) is 26.2 Å². The largest absolute Gasteiger partial charge is 0.459 e. The first-order chi connectivity index (χ1) is 15.9. The summed E-state index contributed by atoms with van der Waals surface area (Å²) in [5.74, 6) is -0.696. The molecule has 3 aliphatic rings. The van der Waals surface area contributed by atoms with E-state index in [1.807, 2.05) is 18.2 Å². The smallest absolute Gasteiger partial charge is 0.325 e. The first kappa shape index (κ1) is 21.2. The molecule has 0 saturated carbocycles. The Morgan fingerprint density at radius 3 is 2.48 bits per heavy atom. The molecule has 9 heteroatoms. The standard InChI is InChI=1S/C24H26N4O5/c1-24(18-8-7-16-4-2-5-17(16)14-18)22(31)28(23(32)25-24)15-20(29)26-9-11-27(12-10-26)21(30)19-6-3-13-33-19/h3,6-8,13-14H,2,4-5,9-12,15H2,1H3,(H,25,32)/t24-/m1/s1. The summed E-state index contributed by atoms with van der Waals surface area (Å²) in [6.45, 7) is 2.75. The molecule has 1 aliphatic carbocycles. The first-order valence-electron chi connectivity index (χ1n) is 11.2. The van der Waals surface area contributed by atoms with Crippen LogP contribution >= 0.6 is 0 Å². The second-order valence-electron chi connectivity index (χ2n) is 8.93. The molecule has 0 spiro atoms. The number of amides is 5. The number of carbonyl (C=O) groups excluding carboxylic acids is 4. The summed E-state index contributed by atoms with van der Waals surface area (Å²) in [6.07, 6.45) is 4.55. The molecular weight excluding hydrogens is 424 g/mol. The molecule has 2 saturated heterocycles. The average molecular weight is 450 g/mol. The fourth-order valence-electron chi connectivity index (χ4n) is 4.87. The van der Waals surface area contributed by atoms with Crippen molar-refractivity contribution < 1.29 is 23.6 Å². The molecule has 5 rings (SSSR count). The Morgan fingerprint density at radius 1 is 1.03 bits per heavy atom. The number of nitrogens with zero attached hydrogens (tertiary/aromatic N) is 3. The highest BCUT2D eigenvalue weighted by atomic mass is 16.3. The van der Waals surface area contributed by atoms with Gasteiger partial charge in [-0.05, 0) is 55.0 Å². The number of imide groups is 1. The molecule has 33 heavy (non-hydrogen) atoms. The van der Waals surface area contributed by atoms with Gasteiger partial charge in [0.05, 0.1) is 6.26 Å². The van der Waals surface area contributed by atoms with Crippen molar-refractivity contribution in [2.45, 2.75) is 31.7 Å². The topological polar surface area (TPSA) is 103 Å². The quantitative estimate of drug-likeness (QED) is 0.712. The van der Waals surface area contributed by atoms with Crippen molar-refractivity contribution in [3.63, 3.8) is 0 Å². The lowest BCUT2D eigenvalue weighted by atomic mass is 9.89. The Labute approximate surface area is 191 Å². The van der Waals surface area contributed by atoms with Crippen LogP contribution < -0.4 is 5.32 Å².